The molecule has 120 valence electrons. The minimum atomic E-state index is -0.341. The second-order valence-electron chi connectivity index (χ2n) is 5.08. The molecule has 2 aromatic rings. The van der Waals surface area contributed by atoms with Crippen molar-refractivity contribution in [3.63, 3.8) is 0 Å². The van der Waals surface area contributed by atoms with Gasteiger partial charge in [0.05, 0.1) is 13.5 Å². The first-order chi connectivity index (χ1) is 11.1. The zero-order chi connectivity index (χ0) is 16.7. The molecule has 0 bridgehead atoms. The number of amides is 2. The Morgan fingerprint density at radius 1 is 1.00 bits per heavy atom. The molecule has 2 rings (SSSR count). The van der Waals surface area contributed by atoms with Crippen LogP contribution in [0.15, 0.2) is 48.5 Å². The zero-order valence-electron chi connectivity index (χ0n) is 13.3. The highest BCUT2D eigenvalue weighted by atomic mass is 16.5. The lowest BCUT2D eigenvalue weighted by molar-refractivity contribution is -0.121. The highest BCUT2D eigenvalue weighted by Crippen LogP contribution is 2.12. The summed E-state index contributed by atoms with van der Waals surface area (Å²) in [5.41, 5.74) is 7.30. The molecule has 2 N–H and O–H groups in total. The second kappa shape index (κ2) is 7.98. The Balaban J connectivity index is 1.86. The Hall–Kier alpha value is -2.82. The van der Waals surface area contributed by atoms with Gasteiger partial charge in [-0.1, -0.05) is 31.2 Å². The molecule has 0 aliphatic carbocycles. The van der Waals surface area contributed by atoms with E-state index in [0.29, 0.717) is 11.3 Å². The molecule has 0 atom stereocenters. The van der Waals surface area contributed by atoms with Gasteiger partial charge in [0.25, 0.3) is 5.91 Å². The van der Waals surface area contributed by atoms with Crippen molar-refractivity contribution in [3.8, 4) is 5.75 Å². The maximum atomic E-state index is 12.0. The number of nitrogens with one attached hydrogen (secondary N) is 2. The van der Waals surface area contributed by atoms with Crippen LogP contribution in [0.4, 0.5) is 0 Å². The van der Waals surface area contributed by atoms with Crippen LogP contribution in [-0.4, -0.2) is 18.9 Å². The summed E-state index contributed by atoms with van der Waals surface area (Å²) in [6.45, 7) is 2.05. The predicted molar refractivity (Wildman–Crippen MR) is 88.1 cm³/mol. The molecule has 0 saturated carbocycles. The number of rotatable bonds is 5. The van der Waals surface area contributed by atoms with E-state index >= 15 is 0 Å². The first-order valence-corrected chi connectivity index (χ1v) is 7.43. The largest absolute Gasteiger partial charge is 0.497 e. The molecular weight excluding hydrogens is 292 g/mol. The minimum absolute atomic E-state index is 0.159. The molecule has 0 heterocycles. The Bertz CT molecular complexity index is 681. The normalized spacial score (nSPS) is 10.0. The monoisotopic (exact) mass is 312 g/mol. The van der Waals surface area contributed by atoms with Gasteiger partial charge in [0.2, 0.25) is 5.91 Å². The van der Waals surface area contributed by atoms with Crippen LogP contribution in [0.1, 0.15) is 28.4 Å². The van der Waals surface area contributed by atoms with E-state index in [1.54, 1.807) is 25.3 Å². The topological polar surface area (TPSA) is 67.4 Å². The average molecular weight is 312 g/mol. The molecule has 5 nitrogen and oxygen atoms in total. The smallest absolute Gasteiger partial charge is 0.269 e. The maximum Gasteiger partial charge on any atom is 0.269 e. The maximum absolute atomic E-state index is 12.0. The summed E-state index contributed by atoms with van der Waals surface area (Å²) in [6, 6.07) is 14.5. The Labute approximate surface area is 135 Å². The van der Waals surface area contributed by atoms with Crippen LogP contribution in [0.3, 0.4) is 0 Å². The van der Waals surface area contributed by atoms with Gasteiger partial charge in [-0.15, -0.1) is 0 Å². The Morgan fingerprint density at radius 2 is 1.74 bits per heavy atom. The standard InChI is InChI=1S/C18H20N2O3/c1-3-13-7-9-15(10-8-13)18(22)20-19-17(21)12-14-5-4-6-16(11-14)23-2/h4-11H,3,12H2,1-2H3,(H,19,21)(H,20,22). The van der Waals surface area contributed by atoms with Crippen LogP contribution >= 0.6 is 0 Å². The number of hydrogen-bond donors (Lipinski definition) is 2. The van der Waals surface area contributed by atoms with Gasteiger partial charge in [0.1, 0.15) is 5.75 Å². The van der Waals surface area contributed by atoms with Crippen molar-refractivity contribution in [2.45, 2.75) is 19.8 Å². The van der Waals surface area contributed by atoms with Crippen LogP contribution < -0.4 is 15.6 Å². The third kappa shape index (κ3) is 4.85. The van der Waals surface area contributed by atoms with Gasteiger partial charge in [0, 0.05) is 5.56 Å². The second-order valence-corrected chi connectivity index (χ2v) is 5.08. The van der Waals surface area contributed by atoms with E-state index in [4.69, 9.17) is 4.74 Å². The average Bonchev–Trinajstić information content (AvgIpc) is 2.60. The number of ether oxygens (including phenoxy) is 1. The molecule has 0 aliphatic rings. The van der Waals surface area contributed by atoms with E-state index in [1.165, 1.54) is 0 Å². The van der Waals surface area contributed by atoms with Gasteiger partial charge in [-0.05, 0) is 41.8 Å². The number of carbonyl (C=O) groups is 2. The summed E-state index contributed by atoms with van der Waals surface area (Å²) in [7, 11) is 1.57. The van der Waals surface area contributed by atoms with E-state index in [2.05, 4.69) is 10.9 Å². The lowest BCUT2D eigenvalue weighted by Gasteiger charge is -2.08. The van der Waals surface area contributed by atoms with Gasteiger partial charge in [0.15, 0.2) is 0 Å². The molecule has 0 radical (unpaired) electrons. The fourth-order valence-corrected chi connectivity index (χ4v) is 2.10. The lowest BCUT2D eigenvalue weighted by atomic mass is 10.1. The third-order valence-electron chi connectivity index (χ3n) is 3.44. The summed E-state index contributed by atoms with van der Waals surface area (Å²) in [4.78, 5) is 23.8. The molecule has 0 spiro atoms. The summed E-state index contributed by atoms with van der Waals surface area (Å²) >= 11 is 0. The molecule has 5 heteroatoms. The van der Waals surface area contributed by atoms with Gasteiger partial charge < -0.3 is 4.74 Å². The predicted octanol–water partition coefficient (Wildman–Crippen LogP) is 2.26. The molecule has 0 aromatic heterocycles. The zero-order valence-corrected chi connectivity index (χ0v) is 13.3. The van der Waals surface area contributed by atoms with E-state index in [1.807, 2.05) is 37.3 Å². The molecule has 23 heavy (non-hydrogen) atoms. The summed E-state index contributed by atoms with van der Waals surface area (Å²) in [6.07, 6.45) is 1.07. The van der Waals surface area contributed by atoms with E-state index in [-0.39, 0.29) is 18.2 Å². The SMILES string of the molecule is CCc1ccc(C(=O)NNC(=O)Cc2cccc(OC)c2)cc1. The van der Waals surface area contributed by atoms with Crippen molar-refractivity contribution in [2.75, 3.05) is 7.11 Å². The van der Waals surface area contributed by atoms with Crippen molar-refractivity contribution in [3.05, 3.63) is 65.2 Å². The first-order valence-electron chi connectivity index (χ1n) is 7.43. The van der Waals surface area contributed by atoms with Crippen molar-refractivity contribution in [2.24, 2.45) is 0 Å². The molecule has 0 saturated heterocycles. The van der Waals surface area contributed by atoms with Crippen molar-refractivity contribution < 1.29 is 14.3 Å². The number of benzene rings is 2. The molecule has 0 fully saturated rings. The molecule has 2 aromatic carbocycles. The van der Waals surface area contributed by atoms with Crippen LogP contribution in [0.25, 0.3) is 0 Å². The van der Waals surface area contributed by atoms with Crippen molar-refractivity contribution in [1.82, 2.24) is 10.9 Å². The quantitative estimate of drug-likeness (QED) is 0.832. The van der Waals surface area contributed by atoms with Gasteiger partial charge in [-0.3, -0.25) is 20.4 Å². The fraction of sp³-hybridized carbons (Fsp3) is 0.222. The van der Waals surface area contributed by atoms with Gasteiger partial charge >= 0.3 is 0 Å². The first kappa shape index (κ1) is 16.5. The van der Waals surface area contributed by atoms with E-state index in [9.17, 15) is 9.59 Å². The summed E-state index contributed by atoms with van der Waals surface area (Å²) in [5, 5.41) is 0. The summed E-state index contributed by atoms with van der Waals surface area (Å²) in [5.74, 6) is 0.0544. The molecular formula is C18H20N2O3. The van der Waals surface area contributed by atoms with Gasteiger partial charge in [-0.2, -0.15) is 0 Å². The number of hydrazine groups is 1. The molecule has 2 amide bonds. The fourth-order valence-electron chi connectivity index (χ4n) is 2.10. The highest BCUT2D eigenvalue weighted by Gasteiger charge is 2.08. The highest BCUT2D eigenvalue weighted by molar-refractivity contribution is 5.95. The number of methoxy groups -OCH3 is 1. The number of carbonyl (C=O) groups excluding carboxylic acids is 2. The third-order valence-corrected chi connectivity index (χ3v) is 3.44. The Kier molecular flexibility index (Phi) is 5.74. The number of hydrogen-bond acceptors (Lipinski definition) is 3. The van der Waals surface area contributed by atoms with Crippen LogP contribution in [0.5, 0.6) is 5.75 Å². The number of aryl methyl sites for hydroxylation is 1. The minimum Gasteiger partial charge on any atom is -0.497 e. The van der Waals surface area contributed by atoms with E-state index in [0.717, 1.165) is 17.5 Å². The van der Waals surface area contributed by atoms with Crippen LogP contribution in [-0.2, 0) is 17.6 Å². The molecule has 0 unspecified atom stereocenters. The lowest BCUT2D eigenvalue weighted by Crippen LogP contribution is -2.42. The van der Waals surface area contributed by atoms with Crippen LogP contribution in [0, 0.1) is 0 Å². The van der Waals surface area contributed by atoms with Gasteiger partial charge in [-0.25, -0.2) is 0 Å². The summed E-state index contributed by atoms with van der Waals surface area (Å²) < 4.78 is 5.11. The van der Waals surface area contributed by atoms with E-state index < -0.39 is 0 Å². The molecule has 0 aliphatic heterocycles. The van der Waals surface area contributed by atoms with Crippen molar-refractivity contribution in [1.29, 1.82) is 0 Å². The van der Waals surface area contributed by atoms with Crippen molar-refractivity contribution >= 4 is 11.8 Å². The Morgan fingerprint density at radius 3 is 2.39 bits per heavy atom. The van der Waals surface area contributed by atoms with Crippen LogP contribution in [0.2, 0.25) is 0 Å².